The summed E-state index contributed by atoms with van der Waals surface area (Å²) in [7, 11) is 1.60. The van der Waals surface area contributed by atoms with Gasteiger partial charge in [0.2, 0.25) is 0 Å². The van der Waals surface area contributed by atoms with Crippen LogP contribution in [0.2, 0.25) is 0 Å². The second kappa shape index (κ2) is 5.67. The highest BCUT2D eigenvalue weighted by Gasteiger charge is 2.07. The van der Waals surface area contributed by atoms with Crippen LogP contribution < -0.4 is 16.0 Å². The minimum Gasteiger partial charge on any atom is -0.496 e. The lowest BCUT2D eigenvalue weighted by Crippen LogP contribution is -2.23. The first kappa shape index (κ1) is 13.3. The molecular formula is C14H17N3O2. The summed E-state index contributed by atoms with van der Waals surface area (Å²) in [5.41, 5.74) is 8.19. The van der Waals surface area contributed by atoms with E-state index >= 15 is 0 Å². The molecule has 0 aliphatic heterocycles. The van der Waals surface area contributed by atoms with Gasteiger partial charge in [-0.3, -0.25) is 4.79 Å². The average Bonchev–Trinajstić information content (AvgIpc) is 2.42. The van der Waals surface area contributed by atoms with Crippen molar-refractivity contribution in [3.63, 3.8) is 0 Å². The second-order valence-electron chi connectivity index (χ2n) is 4.32. The lowest BCUT2D eigenvalue weighted by Gasteiger charge is -2.11. The van der Waals surface area contributed by atoms with Crippen LogP contribution >= 0.6 is 0 Å². The van der Waals surface area contributed by atoms with Crippen LogP contribution in [0.15, 0.2) is 35.1 Å². The lowest BCUT2D eigenvalue weighted by molar-refractivity contribution is 0.406. The van der Waals surface area contributed by atoms with Gasteiger partial charge in [-0.25, -0.2) is 4.68 Å². The zero-order valence-corrected chi connectivity index (χ0v) is 11.1. The molecule has 100 valence electrons. The van der Waals surface area contributed by atoms with Gasteiger partial charge in [0.1, 0.15) is 5.75 Å². The third kappa shape index (κ3) is 3.00. The fourth-order valence-corrected chi connectivity index (χ4v) is 1.91. The van der Waals surface area contributed by atoms with Crippen LogP contribution in [-0.2, 0) is 13.1 Å². The smallest absolute Gasteiger partial charge is 0.267 e. The van der Waals surface area contributed by atoms with Crippen molar-refractivity contribution in [2.24, 2.45) is 5.73 Å². The molecule has 1 heterocycles. The molecule has 0 fully saturated rings. The van der Waals surface area contributed by atoms with Gasteiger partial charge in [-0.2, -0.15) is 5.10 Å². The normalized spacial score (nSPS) is 10.5. The summed E-state index contributed by atoms with van der Waals surface area (Å²) in [5.74, 6) is 0.729. The van der Waals surface area contributed by atoms with Crippen LogP contribution in [0, 0.1) is 6.92 Å². The third-order valence-corrected chi connectivity index (χ3v) is 2.90. The topological polar surface area (TPSA) is 70.1 Å². The van der Waals surface area contributed by atoms with E-state index in [0.29, 0.717) is 13.1 Å². The first-order chi connectivity index (χ1) is 9.13. The van der Waals surface area contributed by atoms with Gasteiger partial charge >= 0.3 is 0 Å². The zero-order chi connectivity index (χ0) is 13.8. The number of hydrogen-bond acceptors (Lipinski definition) is 4. The molecule has 0 aliphatic carbocycles. The predicted octanol–water partition coefficient (Wildman–Crippen LogP) is 1.07. The van der Waals surface area contributed by atoms with Crippen molar-refractivity contribution in [1.82, 2.24) is 9.78 Å². The predicted molar refractivity (Wildman–Crippen MR) is 73.2 cm³/mol. The van der Waals surface area contributed by atoms with Gasteiger partial charge in [0.25, 0.3) is 5.56 Å². The largest absolute Gasteiger partial charge is 0.496 e. The number of rotatable bonds is 4. The number of methoxy groups -OCH3 is 1. The number of aromatic nitrogens is 2. The van der Waals surface area contributed by atoms with Crippen LogP contribution in [0.5, 0.6) is 5.75 Å². The van der Waals surface area contributed by atoms with E-state index < -0.39 is 0 Å². The third-order valence-electron chi connectivity index (χ3n) is 2.90. The first-order valence-corrected chi connectivity index (χ1v) is 6.04. The Balaban J connectivity index is 2.41. The Labute approximate surface area is 111 Å². The molecule has 5 nitrogen and oxygen atoms in total. The van der Waals surface area contributed by atoms with Crippen LogP contribution in [0.4, 0.5) is 0 Å². The SMILES string of the molecule is COc1ccc(CN)cc1Cn1nc(C)ccc1=O. The highest BCUT2D eigenvalue weighted by atomic mass is 16.5. The fraction of sp³-hybridized carbons (Fsp3) is 0.286. The highest BCUT2D eigenvalue weighted by Crippen LogP contribution is 2.20. The molecule has 2 N–H and O–H groups in total. The summed E-state index contributed by atoms with van der Waals surface area (Å²) in [6, 6.07) is 8.93. The number of ether oxygens (including phenoxy) is 1. The molecule has 19 heavy (non-hydrogen) atoms. The van der Waals surface area contributed by atoms with Gasteiger partial charge < -0.3 is 10.5 Å². The van der Waals surface area contributed by atoms with E-state index in [-0.39, 0.29) is 5.56 Å². The van der Waals surface area contributed by atoms with Gasteiger partial charge in [-0.1, -0.05) is 6.07 Å². The van der Waals surface area contributed by atoms with E-state index in [2.05, 4.69) is 5.10 Å². The van der Waals surface area contributed by atoms with Crippen LogP contribution in [0.1, 0.15) is 16.8 Å². The summed E-state index contributed by atoms with van der Waals surface area (Å²) in [4.78, 5) is 11.8. The van der Waals surface area contributed by atoms with Gasteiger partial charge in [-0.05, 0) is 30.7 Å². The average molecular weight is 259 g/mol. The van der Waals surface area contributed by atoms with E-state index in [9.17, 15) is 4.79 Å². The summed E-state index contributed by atoms with van der Waals surface area (Å²) in [6.45, 7) is 2.67. The van der Waals surface area contributed by atoms with Crippen LogP contribution in [-0.4, -0.2) is 16.9 Å². The zero-order valence-electron chi connectivity index (χ0n) is 11.1. The molecule has 1 aromatic carbocycles. The van der Waals surface area contributed by atoms with Gasteiger partial charge in [0, 0.05) is 18.2 Å². The Kier molecular flexibility index (Phi) is 3.97. The molecule has 2 rings (SSSR count). The summed E-state index contributed by atoms with van der Waals surface area (Å²) < 4.78 is 6.73. The molecule has 0 saturated heterocycles. The minimum absolute atomic E-state index is 0.134. The van der Waals surface area contributed by atoms with Crippen molar-refractivity contribution in [1.29, 1.82) is 0 Å². The van der Waals surface area contributed by atoms with E-state index in [4.69, 9.17) is 10.5 Å². The Bertz CT molecular complexity index is 635. The molecule has 0 aliphatic rings. The lowest BCUT2D eigenvalue weighted by atomic mass is 10.1. The molecule has 0 saturated carbocycles. The number of nitrogens with two attached hydrogens (primary N) is 1. The summed E-state index contributed by atoms with van der Waals surface area (Å²) in [5, 5.41) is 4.22. The van der Waals surface area contributed by atoms with Gasteiger partial charge in [0.05, 0.1) is 19.3 Å². The molecule has 0 spiro atoms. The maximum atomic E-state index is 11.8. The van der Waals surface area contributed by atoms with Crippen molar-refractivity contribution >= 4 is 0 Å². The highest BCUT2D eigenvalue weighted by molar-refractivity contribution is 5.37. The van der Waals surface area contributed by atoms with E-state index in [1.165, 1.54) is 10.7 Å². The van der Waals surface area contributed by atoms with Crippen LogP contribution in [0.3, 0.4) is 0 Å². The minimum atomic E-state index is -0.134. The van der Waals surface area contributed by atoms with Crippen molar-refractivity contribution in [2.75, 3.05) is 7.11 Å². The Morgan fingerprint density at radius 1 is 1.32 bits per heavy atom. The monoisotopic (exact) mass is 259 g/mol. The molecule has 2 aromatic rings. The van der Waals surface area contributed by atoms with E-state index in [1.807, 2.05) is 25.1 Å². The molecule has 0 radical (unpaired) electrons. The molecule has 5 heteroatoms. The molecule has 1 aromatic heterocycles. The van der Waals surface area contributed by atoms with Gasteiger partial charge in [-0.15, -0.1) is 0 Å². The maximum Gasteiger partial charge on any atom is 0.267 e. The van der Waals surface area contributed by atoms with Crippen molar-refractivity contribution in [2.45, 2.75) is 20.0 Å². The molecule has 0 unspecified atom stereocenters. The van der Waals surface area contributed by atoms with Crippen molar-refractivity contribution < 1.29 is 4.74 Å². The quantitative estimate of drug-likeness (QED) is 0.891. The molecule has 0 amide bonds. The number of nitrogens with zero attached hydrogens (tertiary/aromatic N) is 2. The Morgan fingerprint density at radius 2 is 2.11 bits per heavy atom. The van der Waals surface area contributed by atoms with E-state index in [1.54, 1.807) is 13.2 Å². The second-order valence-corrected chi connectivity index (χ2v) is 4.32. The first-order valence-electron chi connectivity index (χ1n) is 6.04. The van der Waals surface area contributed by atoms with Gasteiger partial charge in [0.15, 0.2) is 0 Å². The summed E-state index contributed by atoms with van der Waals surface area (Å²) >= 11 is 0. The summed E-state index contributed by atoms with van der Waals surface area (Å²) in [6.07, 6.45) is 0. The molecule has 0 bridgehead atoms. The molecular weight excluding hydrogens is 242 g/mol. The number of aryl methyl sites for hydroxylation is 1. The Morgan fingerprint density at radius 3 is 2.79 bits per heavy atom. The van der Waals surface area contributed by atoms with E-state index in [0.717, 1.165) is 22.6 Å². The standard InChI is InChI=1S/C14H17N3O2/c1-10-3-6-14(18)17(16-10)9-12-7-11(8-15)4-5-13(12)19-2/h3-7H,8-9,15H2,1-2H3. The van der Waals surface area contributed by atoms with Crippen molar-refractivity contribution in [3.8, 4) is 5.75 Å². The fourth-order valence-electron chi connectivity index (χ4n) is 1.91. The van der Waals surface area contributed by atoms with Crippen LogP contribution in [0.25, 0.3) is 0 Å². The number of hydrogen-bond donors (Lipinski definition) is 1. The molecule has 0 atom stereocenters. The maximum absolute atomic E-state index is 11.8. The number of benzene rings is 1. The Hall–Kier alpha value is -2.14. The van der Waals surface area contributed by atoms with Crippen molar-refractivity contribution in [3.05, 3.63) is 57.5 Å².